The van der Waals surface area contributed by atoms with Crippen molar-refractivity contribution in [2.24, 2.45) is 11.8 Å². The van der Waals surface area contributed by atoms with Crippen LogP contribution in [0.2, 0.25) is 0 Å². The van der Waals surface area contributed by atoms with Gasteiger partial charge in [-0.15, -0.1) is 0 Å². The van der Waals surface area contributed by atoms with E-state index in [-0.39, 0.29) is 18.1 Å². The van der Waals surface area contributed by atoms with Crippen molar-refractivity contribution in [2.75, 3.05) is 6.54 Å². The van der Waals surface area contributed by atoms with E-state index < -0.39 is 0 Å². The fourth-order valence-corrected chi connectivity index (χ4v) is 5.45. The molecule has 3 heterocycles. The Hall–Kier alpha value is -2.44. The highest BCUT2D eigenvalue weighted by molar-refractivity contribution is 5.76. The van der Waals surface area contributed by atoms with Crippen LogP contribution in [-0.2, 0) is 0 Å². The van der Waals surface area contributed by atoms with Crippen LogP contribution in [0.25, 0.3) is 0 Å². The lowest BCUT2D eigenvalue weighted by atomic mass is 9.71. The Bertz CT molecular complexity index is 888. The molecule has 2 amide bonds. The Morgan fingerprint density at radius 3 is 2.72 bits per heavy atom. The fourth-order valence-electron chi connectivity index (χ4n) is 5.45. The number of fused-ring (bicyclic) bond motifs is 2. The Morgan fingerprint density at radius 1 is 1.10 bits per heavy atom. The monoisotopic (exact) mass is 391 g/mol. The largest absolute Gasteiger partial charge is 0.335 e. The van der Waals surface area contributed by atoms with E-state index in [1.54, 1.807) is 0 Å². The van der Waals surface area contributed by atoms with Crippen LogP contribution in [0.5, 0.6) is 0 Å². The van der Waals surface area contributed by atoms with Crippen LogP contribution in [0, 0.1) is 18.8 Å². The van der Waals surface area contributed by atoms with Crippen molar-refractivity contribution in [3.63, 3.8) is 0 Å². The summed E-state index contributed by atoms with van der Waals surface area (Å²) in [5.41, 5.74) is 10.5. The van der Waals surface area contributed by atoms with Crippen LogP contribution in [0.15, 0.2) is 48.7 Å². The Balaban J connectivity index is 1.34. The molecule has 0 bridgehead atoms. The van der Waals surface area contributed by atoms with Crippen molar-refractivity contribution >= 4 is 6.03 Å². The third-order valence-corrected chi connectivity index (χ3v) is 7.05. The highest BCUT2D eigenvalue weighted by atomic mass is 16.2. The second-order valence-corrected chi connectivity index (χ2v) is 8.79. The third kappa shape index (κ3) is 3.40. The Morgan fingerprint density at radius 2 is 1.93 bits per heavy atom. The minimum Gasteiger partial charge on any atom is -0.335 e. The highest BCUT2D eigenvalue weighted by Crippen LogP contribution is 2.42. The quantitative estimate of drug-likeness (QED) is 0.752. The maximum Gasteiger partial charge on any atom is 0.318 e. The molecule has 2 saturated heterocycles. The summed E-state index contributed by atoms with van der Waals surface area (Å²) in [4.78, 5) is 19.2. The van der Waals surface area contributed by atoms with Crippen molar-refractivity contribution in [1.29, 1.82) is 0 Å². The molecule has 5 unspecified atom stereocenters. The van der Waals surface area contributed by atoms with Gasteiger partial charge in [0, 0.05) is 30.5 Å². The van der Waals surface area contributed by atoms with Gasteiger partial charge in [-0.05, 0) is 61.8 Å². The van der Waals surface area contributed by atoms with Crippen molar-refractivity contribution in [3.05, 3.63) is 65.5 Å². The van der Waals surface area contributed by atoms with Gasteiger partial charge in [0.05, 0.1) is 12.1 Å². The molecule has 6 atom stereocenters. The van der Waals surface area contributed by atoms with Crippen molar-refractivity contribution in [3.8, 4) is 0 Å². The molecular formula is C23H29N5O. The highest BCUT2D eigenvalue weighted by Gasteiger charge is 2.48. The summed E-state index contributed by atoms with van der Waals surface area (Å²) in [6.07, 6.45) is 3.97. The maximum atomic E-state index is 12.9. The standard InChI is InChI=1S/C23H29N5O/c1-14-10-17(8-9-24-14)22-19-11-18-13-28(15(2)16-6-4-3-5-7-16)23(29)25-20(18)12-21(19)26-27-22/h3-10,15,18-22,26-27H,11-13H2,1-2H3,(H,25,29)/t15-,18?,19?,20?,21?,22?/m1/s1. The number of urea groups is 1. The molecule has 152 valence electrons. The van der Waals surface area contributed by atoms with Gasteiger partial charge in [-0.3, -0.25) is 10.4 Å². The molecule has 1 aromatic heterocycles. The first-order chi connectivity index (χ1) is 14.1. The van der Waals surface area contributed by atoms with Gasteiger partial charge in [-0.1, -0.05) is 30.3 Å². The number of rotatable bonds is 3. The summed E-state index contributed by atoms with van der Waals surface area (Å²) in [6, 6.07) is 15.7. The average molecular weight is 392 g/mol. The van der Waals surface area contributed by atoms with Crippen molar-refractivity contribution in [2.45, 2.75) is 50.9 Å². The molecule has 2 aliphatic heterocycles. The molecule has 6 heteroatoms. The smallest absolute Gasteiger partial charge is 0.318 e. The fraction of sp³-hybridized carbons (Fsp3) is 0.478. The molecule has 0 radical (unpaired) electrons. The van der Waals surface area contributed by atoms with Crippen LogP contribution in [0.3, 0.4) is 0 Å². The topological polar surface area (TPSA) is 69.3 Å². The lowest BCUT2D eigenvalue weighted by Crippen LogP contribution is -2.61. The van der Waals surface area contributed by atoms with Crippen LogP contribution in [0.4, 0.5) is 4.79 Å². The van der Waals surface area contributed by atoms with Gasteiger partial charge < -0.3 is 10.2 Å². The van der Waals surface area contributed by atoms with E-state index in [2.05, 4.69) is 52.3 Å². The Labute approximate surface area is 172 Å². The molecule has 1 aliphatic carbocycles. The first-order valence-corrected chi connectivity index (χ1v) is 10.7. The number of nitrogens with zero attached hydrogens (tertiary/aromatic N) is 2. The number of aromatic nitrogens is 1. The van der Waals surface area contributed by atoms with Gasteiger partial charge in [-0.25, -0.2) is 10.2 Å². The number of nitrogens with one attached hydrogen (secondary N) is 3. The number of pyridine rings is 1. The minimum atomic E-state index is 0.0633. The SMILES string of the molecule is Cc1cc(C2NNC3CC4NC(=O)N([C@H](C)c5ccccc5)CC4CC32)ccn1. The predicted molar refractivity (Wildman–Crippen MR) is 112 cm³/mol. The van der Waals surface area contributed by atoms with Crippen molar-refractivity contribution in [1.82, 2.24) is 26.1 Å². The first-order valence-electron chi connectivity index (χ1n) is 10.7. The number of hydrogen-bond acceptors (Lipinski definition) is 4. The third-order valence-electron chi connectivity index (χ3n) is 7.05. The number of hydrazine groups is 1. The number of carbonyl (C=O) groups excluding carboxylic acids is 1. The molecule has 3 aliphatic rings. The van der Waals surface area contributed by atoms with Crippen LogP contribution < -0.4 is 16.2 Å². The zero-order valence-corrected chi connectivity index (χ0v) is 17.0. The molecule has 29 heavy (non-hydrogen) atoms. The van der Waals surface area contributed by atoms with E-state index in [0.717, 1.165) is 25.1 Å². The second kappa shape index (κ2) is 7.43. The molecule has 3 N–H and O–H groups in total. The van der Waals surface area contributed by atoms with Crippen LogP contribution in [0.1, 0.15) is 48.7 Å². The molecule has 1 aromatic carbocycles. The van der Waals surface area contributed by atoms with Gasteiger partial charge in [-0.2, -0.15) is 0 Å². The number of hydrogen-bond donors (Lipinski definition) is 3. The van der Waals surface area contributed by atoms with E-state index in [9.17, 15) is 4.79 Å². The lowest BCUT2D eigenvalue weighted by molar-refractivity contribution is 0.0835. The molecule has 2 aromatic rings. The molecule has 5 rings (SSSR count). The number of carbonyl (C=O) groups is 1. The normalized spacial score (nSPS) is 32.3. The molecule has 6 nitrogen and oxygen atoms in total. The van der Waals surface area contributed by atoms with E-state index in [1.807, 2.05) is 36.2 Å². The first kappa shape index (κ1) is 18.6. The van der Waals surface area contributed by atoms with E-state index in [1.165, 1.54) is 11.1 Å². The summed E-state index contributed by atoms with van der Waals surface area (Å²) < 4.78 is 0. The second-order valence-electron chi connectivity index (χ2n) is 8.79. The summed E-state index contributed by atoms with van der Waals surface area (Å²) in [7, 11) is 0. The van der Waals surface area contributed by atoms with Gasteiger partial charge in [0.2, 0.25) is 0 Å². The van der Waals surface area contributed by atoms with E-state index in [0.29, 0.717) is 23.9 Å². The van der Waals surface area contributed by atoms with Gasteiger partial charge in [0.25, 0.3) is 0 Å². The van der Waals surface area contributed by atoms with E-state index in [4.69, 9.17) is 0 Å². The summed E-state index contributed by atoms with van der Waals surface area (Å²) >= 11 is 0. The lowest BCUT2D eigenvalue weighted by Gasteiger charge is -2.47. The summed E-state index contributed by atoms with van der Waals surface area (Å²) in [6.45, 7) is 4.99. The predicted octanol–water partition coefficient (Wildman–Crippen LogP) is 3.09. The molecule has 1 saturated carbocycles. The molecule has 3 fully saturated rings. The number of benzene rings is 1. The van der Waals surface area contributed by atoms with Crippen LogP contribution >= 0.6 is 0 Å². The number of aryl methyl sites for hydroxylation is 1. The number of amides is 2. The zero-order chi connectivity index (χ0) is 20.0. The Kier molecular flexibility index (Phi) is 4.76. The van der Waals surface area contributed by atoms with E-state index >= 15 is 0 Å². The van der Waals surface area contributed by atoms with Crippen LogP contribution in [-0.4, -0.2) is 34.5 Å². The zero-order valence-electron chi connectivity index (χ0n) is 17.0. The van der Waals surface area contributed by atoms with Gasteiger partial charge in [0.15, 0.2) is 0 Å². The minimum absolute atomic E-state index is 0.0633. The molecule has 0 spiro atoms. The maximum absolute atomic E-state index is 12.9. The summed E-state index contributed by atoms with van der Waals surface area (Å²) in [5.74, 6) is 0.981. The average Bonchev–Trinajstić information content (AvgIpc) is 3.14. The summed E-state index contributed by atoms with van der Waals surface area (Å²) in [5, 5.41) is 3.30. The van der Waals surface area contributed by atoms with Crippen molar-refractivity contribution < 1.29 is 4.79 Å². The molecular weight excluding hydrogens is 362 g/mol. The van der Waals surface area contributed by atoms with Gasteiger partial charge >= 0.3 is 6.03 Å². The van der Waals surface area contributed by atoms with Gasteiger partial charge in [0.1, 0.15) is 0 Å².